The molecule has 0 aromatic heterocycles. The lowest BCUT2D eigenvalue weighted by Crippen LogP contribution is -2.36. The Hall–Kier alpha value is -2.30. The summed E-state index contributed by atoms with van der Waals surface area (Å²) in [5.74, 6) is -1.68. The number of fused-ring (bicyclic) bond motifs is 2. The molecule has 1 amide bonds. The number of amides is 1. The van der Waals surface area contributed by atoms with Crippen molar-refractivity contribution >= 4 is 17.6 Å². The molecule has 116 valence electrons. The Morgan fingerprint density at radius 3 is 2.59 bits per heavy atom. The summed E-state index contributed by atoms with van der Waals surface area (Å²) in [6.07, 6.45) is 4.66. The van der Waals surface area contributed by atoms with E-state index in [1.54, 1.807) is 12.1 Å². The minimum absolute atomic E-state index is 0.0188. The van der Waals surface area contributed by atoms with E-state index >= 15 is 0 Å². The molecule has 3 rings (SSSR count). The van der Waals surface area contributed by atoms with Gasteiger partial charge in [0.25, 0.3) is 0 Å². The smallest absolute Gasteiger partial charge is 0.307 e. The second-order valence-electron chi connectivity index (χ2n) is 5.76. The second-order valence-corrected chi connectivity index (χ2v) is 5.76. The van der Waals surface area contributed by atoms with E-state index in [4.69, 9.17) is 4.74 Å². The van der Waals surface area contributed by atoms with E-state index in [0.29, 0.717) is 18.0 Å². The molecule has 2 N–H and O–H groups in total. The zero-order chi connectivity index (χ0) is 15.7. The van der Waals surface area contributed by atoms with Crippen molar-refractivity contribution in [2.24, 2.45) is 23.7 Å². The van der Waals surface area contributed by atoms with Crippen molar-refractivity contribution in [2.75, 3.05) is 11.9 Å². The van der Waals surface area contributed by atoms with Gasteiger partial charge in [-0.3, -0.25) is 9.59 Å². The number of hydrogen-bond acceptors (Lipinski definition) is 3. The summed E-state index contributed by atoms with van der Waals surface area (Å²) >= 11 is 0. The number of rotatable bonds is 5. The molecule has 22 heavy (non-hydrogen) atoms. The zero-order valence-corrected chi connectivity index (χ0v) is 12.4. The maximum absolute atomic E-state index is 12.6. The SMILES string of the molecule is CCOc1ccccc1NC(=O)[C@@H]1[C@H](C(=O)O)[C@H]2C=C[C@H]1C2. The van der Waals surface area contributed by atoms with Gasteiger partial charge in [0.1, 0.15) is 5.75 Å². The minimum Gasteiger partial charge on any atom is -0.492 e. The summed E-state index contributed by atoms with van der Waals surface area (Å²) in [7, 11) is 0. The number of anilines is 1. The summed E-state index contributed by atoms with van der Waals surface area (Å²) in [5, 5.41) is 12.3. The maximum atomic E-state index is 12.6. The summed E-state index contributed by atoms with van der Waals surface area (Å²) < 4.78 is 5.49. The molecular weight excluding hydrogens is 282 g/mol. The molecule has 0 aliphatic heterocycles. The van der Waals surface area contributed by atoms with Crippen molar-refractivity contribution in [3.05, 3.63) is 36.4 Å². The molecule has 2 aliphatic carbocycles. The third kappa shape index (κ3) is 2.47. The van der Waals surface area contributed by atoms with E-state index < -0.39 is 17.8 Å². The van der Waals surface area contributed by atoms with Crippen LogP contribution in [0.15, 0.2) is 36.4 Å². The summed E-state index contributed by atoms with van der Waals surface area (Å²) in [6, 6.07) is 7.20. The third-order valence-corrected chi connectivity index (χ3v) is 4.49. The first-order chi connectivity index (χ1) is 10.6. The summed E-state index contributed by atoms with van der Waals surface area (Å²) in [6.45, 7) is 2.38. The van der Waals surface area contributed by atoms with Gasteiger partial charge < -0.3 is 15.2 Å². The average molecular weight is 301 g/mol. The highest BCUT2D eigenvalue weighted by molar-refractivity contribution is 5.97. The van der Waals surface area contributed by atoms with E-state index in [-0.39, 0.29) is 17.7 Å². The van der Waals surface area contributed by atoms with Crippen LogP contribution in [0.2, 0.25) is 0 Å². The number of carbonyl (C=O) groups excluding carboxylic acids is 1. The van der Waals surface area contributed by atoms with E-state index in [0.717, 1.165) is 6.42 Å². The van der Waals surface area contributed by atoms with Crippen LogP contribution in [0.1, 0.15) is 13.3 Å². The largest absolute Gasteiger partial charge is 0.492 e. The fourth-order valence-corrected chi connectivity index (χ4v) is 3.58. The van der Waals surface area contributed by atoms with Crippen LogP contribution in [0.5, 0.6) is 5.75 Å². The van der Waals surface area contributed by atoms with Gasteiger partial charge in [0.05, 0.1) is 24.1 Å². The third-order valence-electron chi connectivity index (χ3n) is 4.49. The fraction of sp³-hybridized carbons (Fsp3) is 0.412. The molecule has 0 radical (unpaired) electrons. The first kappa shape index (κ1) is 14.6. The number of para-hydroxylation sites is 2. The molecule has 2 aliphatic rings. The number of benzene rings is 1. The van der Waals surface area contributed by atoms with E-state index in [9.17, 15) is 14.7 Å². The molecule has 1 aromatic carbocycles. The molecular formula is C17H19NO4. The van der Waals surface area contributed by atoms with Crippen molar-refractivity contribution in [2.45, 2.75) is 13.3 Å². The number of nitrogens with one attached hydrogen (secondary N) is 1. The van der Waals surface area contributed by atoms with Crippen LogP contribution in [0, 0.1) is 23.7 Å². The molecule has 2 bridgehead atoms. The fourth-order valence-electron chi connectivity index (χ4n) is 3.58. The Labute approximate surface area is 129 Å². The number of ether oxygens (including phenoxy) is 1. The average Bonchev–Trinajstić information content (AvgIpc) is 3.10. The van der Waals surface area contributed by atoms with Crippen LogP contribution in [-0.4, -0.2) is 23.6 Å². The lowest BCUT2D eigenvalue weighted by atomic mass is 9.82. The van der Waals surface area contributed by atoms with Gasteiger partial charge in [-0.25, -0.2) is 0 Å². The Morgan fingerprint density at radius 2 is 1.91 bits per heavy atom. The Bertz CT molecular complexity index is 625. The van der Waals surface area contributed by atoms with E-state index in [1.807, 2.05) is 31.2 Å². The molecule has 5 heteroatoms. The summed E-state index contributed by atoms with van der Waals surface area (Å²) in [5.41, 5.74) is 0.588. The molecule has 5 nitrogen and oxygen atoms in total. The molecule has 4 atom stereocenters. The van der Waals surface area contributed by atoms with E-state index in [2.05, 4.69) is 5.32 Å². The predicted molar refractivity (Wildman–Crippen MR) is 81.6 cm³/mol. The number of carboxylic acids is 1. The zero-order valence-electron chi connectivity index (χ0n) is 12.4. The summed E-state index contributed by atoms with van der Waals surface area (Å²) in [4.78, 5) is 24.1. The molecule has 1 saturated carbocycles. The van der Waals surface area contributed by atoms with Crippen LogP contribution in [0.4, 0.5) is 5.69 Å². The maximum Gasteiger partial charge on any atom is 0.307 e. The molecule has 0 saturated heterocycles. The first-order valence-electron chi connectivity index (χ1n) is 7.55. The van der Waals surface area contributed by atoms with Crippen molar-refractivity contribution in [1.82, 2.24) is 0 Å². The number of carboxylic acid groups (broad SMARTS) is 1. The number of aliphatic carboxylic acids is 1. The van der Waals surface area contributed by atoms with Gasteiger partial charge in [0.2, 0.25) is 5.91 Å². The highest BCUT2D eigenvalue weighted by atomic mass is 16.5. The molecule has 1 aromatic rings. The lowest BCUT2D eigenvalue weighted by molar-refractivity contribution is -0.146. The standard InChI is InChI=1S/C17H19NO4/c1-2-22-13-6-4-3-5-12(13)18-16(19)14-10-7-8-11(9-10)15(14)17(20)21/h3-8,10-11,14-15H,2,9H2,1H3,(H,18,19)(H,20,21)/t10-,11-,14-,15+/m0/s1. The first-order valence-corrected chi connectivity index (χ1v) is 7.55. The quantitative estimate of drug-likeness (QED) is 0.820. The van der Waals surface area contributed by atoms with Crippen LogP contribution in [0.25, 0.3) is 0 Å². The highest BCUT2D eigenvalue weighted by Gasteiger charge is 2.51. The molecule has 1 fully saturated rings. The topological polar surface area (TPSA) is 75.6 Å². The lowest BCUT2D eigenvalue weighted by Gasteiger charge is -2.24. The van der Waals surface area contributed by atoms with Crippen molar-refractivity contribution in [3.63, 3.8) is 0 Å². The van der Waals surface area contributed by atoms with Crippen molar-refractivity contribution in [1.29, 1.82) is 0 Å². The van der Waals surface area contributed by atoms with Crippen LogP contribution in [-0.2, 0) is 9.59 Å². The van der Waals surface area contributed by atoms with Gasteiger partial charge in [0.15, 0.2) is 0 Å². The van der Waals surface area contributed by atoms with E-state index in [1.165, 1.54) is 0 Å². The van der Waals surface area contributed by atoms with Crippen LogP contribution < -0.4 is 10.1 Å². The highest BCUT2D eigenvalue weighted by Crippen LogP contribution is 2.48. The Kier molecular flexibility index (Phi) is 3.88. The van der Waals surface area contributed by atoms with Gasteiger partial charge in [-0.2, -0.15) is 0 Å². The van der Waals surface area contributed by atoms with Crippen LogP contribution >= 0.6 is 0 Å². The molecule has 0 unspecified atom stereocenters. The van der Waals surface area contributed by atoms with Gasteiger partial charge in [0, 0.05) is 0 Å². The Balaban J connectivity index is 1.80. The number of allylic oxidation sites excluding steroid dienone is 2. The monoisotopic (exact) mass is 301 g/mol. The van der Waals surface area contributed by atoms with Crippen molar-refractivity contribution in [3.8, 4) is 5.75 Å². The van der Waals surface area contributed by atoms with Crippen LogP contribution in [0.3, 0.4) is 0 Å². The van der Waals surface area contributed by atoms with Gasteiger partial charge in [-0.15, -0.1) is 0 Å². The number of hydrogen-bond donors (Lipinski definition) is 2. The van der Waals surface area contributed by atoms with Crippen molar-refractivity contribution < 1.29 is 19.4 Å². The second kappa shape index (κ2) is 5.83. The Morgan fingerprint density at radius 1 is 1.23 bits per heavy atom. The predicted octanol–water partition coefficient (Wildman–Crippen LogP) is 2.55. The molecule has 0 spiro atoms. The van der Waals surface area contributed by atoms with Gasteiger partial charge in [-0.1, -0.05) is 24.3 Å². The molecule has 0 heterocycles. The van der Waals surface area contributed by atoms with Gasteiger partial charge >= 0.3 is 5.97 Å². The minimum atomic E-state index is -0.893. The normalized spacial score (nSPS) is 28.6. The number of carbonyl (C=O) groups is 2. The van der Waals surface area contributed by atoms with Gasteiger partial charge in [-0.05, 0) is 37.3 Å².